The average Bonchev–Trinajstić information content (AvgIpc) is 2.17. The number of likely N-dealkylation sites (N-methyl/N-ethyl adjacent to an activating group) is 1. The van der Waals surface area contributed by atoms with Crippen LogP contribution in [0.4, 0.5) is 0 Å². The van der Waals surface area contributed by atoms with Gasteiger partial charge in [-0.05, 0) is 26.7 Å². The van der Waals surface area contributed by atoms with Crippen LogP contribution >= 0.6 is 0 Å². The van der Waals surface area contributed by atoms with Gasteiger partial charge in [-0.3, -0.25) is 4.79 Å². The highest BCUT2D eigenvalue weighted by Crippen LogP contribution is 2.20. The van der Waals surface area contributed by atoms with Gasteiger partial charge in [-0.1, -0.05) is 19.3 Å². The fraction of sp³-hybridized carbons (Fsp3) is 0.917. The minimum atomic E-state index is -0.425. The van der Waals surface area contributed by atoms with Crippen LogP contribution < -0.4 is 5.32 Å². The molecule has 0 atom stereocenters. The molecule has 0 aromatic rings. The Labute approximate surface area is 93.2 Å². The molecule has 0 aromatic heterocycles. The van der Waals surface area contributed by atoms with E-state index in [1.165, 1.54) is 32.1 Å². The van der Waals surface area contributed by atoms with Crippen LogP contribution in [0.2, 0.25) is 0 Å². The Balaban J connectivity index is 2.50. The largest absolute Gasteiger partial charge is 0.347 e. The first-order valence-electron chi connectivity index (χ1n) is 5.93. The maximum atomic E-state index is 11.9. The molecule has 0 unspecified atom stereocenters. The molecule has 0 heterocycles. The smallest absolute Gasteiger partial charge is 0.241 e. The van der Waals surface area contributed by atoms with Gasteiger partial charge in [-0.2, -0.15) is 0 Å². The third-order valence-corrected chi connectivity index (χ3v) is 3.11. The van der Waals surface area contributed by atoms with Gasteiger partial charge in [0.2, 0.25) is 5.91 Å². The van der Waals surface area contributed by atoms with Gasteiger partial charge in [0, 0.05) is 20.1 Å². The van der Waals surface area contributed by atoms with Crippen molar-refractivity contribution in [2.45, 2.75) is 57.5 Å². The first-order valence-corrected chi connectivity index (χ1v) is 5.93. The summed E-state index contributed by atoms with van der Waals surface area (Å²) in [5.74, 6) is 0.160. The number of rotatable bonds is 3. The fourth-order valence-electron chi connectivity index (χ4n) is 2.38. The quantitative estimate of drug-likeness (QED) is 0.773. The molecule has 1 aliphatic rings. The summed E-state index contributed by atoms with van der Waals surface area (Å²) < 4.78 is 0. The highest BCUT2D eigenvalue weighted by atomic mass is 16.2. The molecule has 0 radical (unpaired) electrons. The molecule has 3 heteroatoms. The Kier molecular flexibility index (Phi) is 4.14. The summed E-state index contributed by atoms with van der Waals surface area (Å²) in [5.41, 5.74) is -0.425. The lowest BCUT2D eigenvalue weighted by molar-refractivity contribution is -0.134. The molecular formula is C12H24N2O. The van der Waals surface area contributed by atoms with Gasteiger partial charge < -0.3 is 10.2 Å². The zero-order valence-electron chi connectivity index (χ0n) is 10.5. The van der Waals surface area contributed by atoms with Gasteiger partial charge in [0.05, 0.1) is 5.54 Å². The SMILES string of the molecule is CN(C)C(=O)C(C)(C)NC1CCCCC1. The molecule has 0 bridgehead atoms. The molecule has 1 saturated carbocycles. The number of hydrogen-bond acceptors (Lipinski definition) is 2. The van der Waals surface area contributed by atoms with Crippen molar-refractivity contribution in [3.05, 3.63) is 0 Å². The second-order valence-electron chi connectivity index (χ2n) is 5.30. The molecule has 1 fully saturated rings. The minimum absolute atomic E-state index is 0.160. The zero-order chi connectivity index (χ0) is 11.5. The van der Waals surface area contributed by atoms with Gasteiger partial charge >= 0.3 is 0 Å². The van der Waals surface area contributed by atoms with E-state index in [4.69, 9.17) is 0 Å². The van der Waals surface area contributed by atoms with Gasteiger partial charge in [-0.25, -0.2) is 0 Å². The van der Waals surface area contributed by atoms with Gasteiger partial charge in [0.25, 0.3) is 0 Å². The highest BCUT2D eigenvalue weighted by molar-refractivity contribution is 5.85. The van der Waals surface area contributed by atoms with Crippen molar-refractivity contribution in [1.82, 2.24) is 10.2 Å². The van der Waals surface area contributed by atoms with Crippen LogP contribution in [0.1, 0.15) is 46.0 Å². The van der Waals surface area contributed by atoms with Crippen molar-refractivity contribution in [3.63, 3.8) is 0 Å². The molecule has 1 aliphatic carbocycles. The van der Waals surface area contributed by atoms with Crippen molar-refractivity contribution < 1.29 is 4.79 Å². The summed E-state index contributed by atoms with van der Waals surface area (Å²) in [6, 6.07) is 0.526. The van der Waals surface area contributed by atoms with E-state index in [0.29, 0.717) is 6.04 Å². The molecule has 0 aliphatic heterocycles. The molecule has 1 N–H and O–H groups in total. The normalized spacial score (nSPS) is 18.9. The Morgan fingerprint density at radius 1 is 1.20 bits per heavy atom. The predicted octanol–water partition coefficient (Wildman–Crippen LogP) is 1.78. The van der Waals surface area contributed by atoms with E-state index < -0.39 is 5.54 Å². The van der Waals surface area contributed by atoms with Crippen molar-refractivity contribution in [2.24, 2.45) is 0 Å². The van der Waals surface area contributed by atoms with E-state index in [9.17, 15) is 4.79 Å². The summed E-state index contributed by atoms with van der Waals surface area (Å²) in [6.45, 7) is 3.95. The number of carbonyl (C=O) groups is 1. The molecule has 1 amide bonds. The Morgan fingerprint density at radius 3 is 2.20 bits per heavy atom. The van der Waals surface area contributed by atoms with E-state index in [1.54, 1.807) is 4.90 Å². The lowest BCUT2D eigenvalue weighted by Crippen LogP contribution is -2.55. The second-order valence-corrected chi connectivity index (χ2v) is 5.30. The molecule has 0 spiro atoms. The van der Waals surface area contributed by atoms with Gasteiger partial charge in [0.15, 0.2) is 0 Å². The monoisotopic (exact) mass is 212 g/mol. The summed E-state index contributed by atoms with van der Waals surface area (Å²) in [6.07, 6.45) is 6.36. The van der Waals surface area contributed by atoms with Gasteiger partial charge in [-0.15, -0.1) is 0 Å². The molecular weight excluding hydrogens is 188 g/mol. The van der Waals surface area contributed by atoms with E-state index >= 15 is 0 Å². The number of nitrogens with one attached hydrogen (secondary N) is 1. The second kappa shape index (κ2) is 4.97. The molecule has 15 heavy (non-hydrogen) atoms. The zero-order valence-corrected chi connectivity index (χ0v) is 10.5. The maximum Gasteiger partial charge on any atom is 0.241 e. The standard InChI is InChI=1S/C12H24N2O/c1-12(2,11(15)14(3)4)13-10-8-6-5-7-9-10/h10,13H,5-9H2,1-4H3. The third-order valence-electron chi connectivity index (χ3n) is 3.11. The first-order chi connectivity index (χ1) is 6.93. The van der Waals surface area contributed by atoms with Crippen molar-refractivity contribution in [3.8, 4) is 0 Å². The van der Waals surface area contributed by atoms with Crippen LogP contribution in [0.3, 0.4) is 0 Å². The van der Waals surface area contributed by atoms with Crippen LogP contribution in [-0.2, 0) is 4.79 Å². The van der Waals surface area contributed by atoms with Crippen LogP contribution in [0.15, 0.2) is 0 Å². The average molecular weight is 212 g/mol. The number of amides is 1. The predicted molar refractivity (Wildman–Crippen MR) is 62.8 cm³/mol. The summed E-state index contributed by atoms with van der Waals surface area (Å²) in [4.78, 5) is 13.6. The number of hydrogen-bond donors (Lipinski definition) is 1. The summed E-state index contributed by atoms with van der Waals surface area (Å²) in [7, 11) is 3.62. The molecule has 0 aromatic carbocycles. The first kappa shape index (κ1) is 12.5. The van der Waals surface area contributed by atoms with Gasteiger partial charge in [0.1, 0.15) is 0 Å². The summed E-state index contributed by atoms with van der Waals surface area (Å²) >= 11 is 0. The highest BCUT2D eigenvalue weighted by Gasteiger charge is 2.31. The van der Waals surface area contributed by atoms with Crippen molar-refractivity contribution in [2.75, 3.05) is 14.1 Å². The fourth-order valence-corrected chi connectivity index (χ4v) is 2.38. The van der Waals surface area contributed by atoms with Crippen molar-refractivity contribution >= 4 is 5.91 Å². The number of nitrogens with zero attached hydrogens (tertiary/aromatic N) is 1. The van der Waals surface area contributed by atoms with Crippen LogP contribution in [-0.4, -0.2) is 36.5 Å². The Bertz CT molecular complexity index is 218. The Hall–Kier alpha value is -0.570. The van der Waals surface area contributed by atoms with E-state index in [0.717, 1.165) is 0 Å². The van der Waals surface area contributed by atoms with Crippen LogP contribution in [0.25, 0.3) is 0 Å². The van der Waals surface area contributed by atoms with Crippen LogP contribution in [0.5, 0.6) is 0 Å². The number of carbonyl (C=O) groups excluding carboxylic acids is 1. The third kappa shape index (κ3) is 3.49. The van der Waals surface area contributed by atoms with Crippen molar-refractivity contribution in [1.29, 1.82) is 0 Å². The van der Waals surface area contributed by atoms with E-state index in [2.05, 4.69) is 5.32 Å². The lowest BCUT2D eigenvalue weighted by Gasteiger charge is -2.34. The van der Waals surface area contributed by atoms with Crippen LogP contribution in [0, 0.1) is 0 Å². The van der Waals surface area contributed by atoms with E-state index in [-0.39, 0.29) is 5.91 Å². The Morgan fingerprint density at radius 2 is 1.73 bits per heavy atom. The molecule has 1 rings (SSSR count). The maximum absolute atomic E-state index is 11.9. The summed E-state index contributed by atoms with van der Waals surface area (Å²) in [5, 5.41) is 3.49. The topological polar surface area (TPSA) is 32.3 Å². The molecule has 3 nitrogen and oxygen atoms in total. The van der Waals surface area contributed by atoms with E-state index in [1.807, 2.05) is 27.9 Å². The minimum Gasteiger partial charge on any atom is -0.347 e. The lowest BCUT2D eigenvalue weighted by atomic mass is 9.92. The molecule has 88 valence electrons. The molecule has 0 saturated heterocycles.